The predicted molar refractivity (Wildman–Crippen MR) is 155 cm³/mol. The fourth-order valence-corrected chi connectivity index (χ4v) is 5.52. The molecular formula is C30H36ClN5O4. The number of hydrogen-bond donors (Lipinski definition) is 2. The van der Waals surface area contributed by atoms with Gasteiger partial charge >= 0.3 is 0 Å². The normalized spacial score (nSPS) is 18.0. The number of pyridine rings is 1. The number of fused-ring (bicyclic) bond motifs is 1. The van der Waals surface area contributed by atoms with E-state index < -0.39 is 5.41 Å². The summed E-state index contributed by atoms with van der Waals surface area (Å²) in [4.78, 5) is 40.6. The number of aliphatic hydroxyl groups is 1. The van der Waals surface area contributed by atoms with Gasteiger partial charge in [-0.3, -0.25) is 9.59 Å². The lowest BCUT2D eigenvalue weighted by Gasteiger charge is -2.37. The number of benzene rings is 1. The van der Waals surface area contributed by atoms with Crippen molar-refractivity contribution < 1.29 is 19.4 Å². The molecule has 9 nitrogen and oxygen atoms in total. The van der Waals surface area contributed by atoms with E-state index in [0.717, 1.165) is 24.1 Å². The van der Waals surface area contributed by atoms with Gasteiger partial charge in [-0.25, -0.2) is 4.98 Å². The number of nitrogens with one attached hydrogen (secondary N) is 1. The van der Waals surface area contributed by atoms with Gasteiger partial charge in [-0.15, -0.1) is 0 Å². The molecule has 3 aromatic rings. The van der Waals surface area contributed by atoms with E-state index in [2.05, 4.69) is 28.2 Å². The molecule has 2 aliphatic rings. The van der Waals surface area contributed by atoms with Gasteiger partial charge in [-0.2, -0.15) is 4.98 Å². The van der Waals surface area contributed by atoms with E-state index >= 15 is 0 Å². The molecule has 2 aromatic heterocycles. The lowest BCUT2D eigenvalue weighted by atomic mass is 9.86. The molecule has 1 atom stereocenters. The highest BCUT2D eigenvalue weighted by molar-refractivity contribution is 6.33. The number of rotatable bonds is 7. The molecule has 1 saturated heterocycles. The van der Waals surface area contributed by atoms with Crippen LogP contribution < -0.4 is 4.74 Å². The molecule has 0 aliphatic carbocycles. The average Bonchev–Trinajstić information content (AvgIpc) is 3.37. The van der Waals surface area contributed by atoms with Gasteiger partial charge in [0.15, 0.2) is 5.65 Å². The first-order valence-electron chi connectivity index (χ1n) is 13.9. The van der Waals surface area contributed by atoms with Crippen LogP contribution in [-0.2, 0) is 9.59 Å². The number of aromatic amines is 1. The molecule has 1 aromatic carbocycles. The quantitative estimate of drug-likeness (QED) is 0.430. The van der Waals surface area contributed by atoms with Crippen LogP contribution in [0.3, 0.4) is 0 Å². The maximum Gasteiger partial charge on any atom is 0.296 e. The summed E-state index contributed by atoms with van der Waals surface area (Å²) in [6.45, 7) is 7.71. The summed E-state index contributed by atoms with van der Waals surface area (Å²) < 4.78 is 6.13. The van der Waals surface area contributed by atoms with Gasteiger partial charge in [-0.05, 0) is 37.0 Å². The van der Waals surface area contributed by atoms with Crippen LogP contribution in [0.4, 0.5) is 0 Å². The minimum atomic E-state index is -0.735. The van der Waals surface area contributed by atoms with E-state index in [1.807, 2.05) is 41.8 Å². The first-order valence-corrected chi connectivity index (χ1v) is 14.3. The lowest BCUT2D eigenvalue weighted by Crippen LogP contribution is -2.49. The first-order chi connectivity index (χ1) is 19.2. The summed E-state index contributed by atoms with van der Waals surface area (Å²) in [5.74, 6) is 0.0959. The number of halogens is 1. The van der Waals surface area contributed by atoms with Gasteiger partial charge in [0.05, 0.1) is 28.3 Å². The number of aliphatic hydroxyl groups excluding tert-OH is 1. The fourth-order valence-electron chi connectivity index (χ4n) is 5.26. The van der Waals surface area contributed by atoms with Crippen molar-refractivity contribution in [1.29, 1.82) is 0 Å². The van der Waals surface area contributed by atoms with E-state index in [0.29, 0.717) is 66.8 Å². The third-order valence-corrected chi connectivity index (χ3v) is 8.53. The van der Waals surface area contributed by atoms with Crippen molar-refractivity contribution in [2.45, 2.75) is 52.6 Å². The van der Waals surface area contributed by atoms with Crippen LogP contribution in [0.1, 0.15) is 52.0 Å². The number of ether oxygens (including phenoxy) is 1. The summed E-state index contributed by atoms with van der Waals surface area (Å²) >= 11 is 6.62. The van der Waals surface area contributed by atoms with Gasteiger partial charge in [0.25, 0.3) is 6.01 Å². The first kappa shape index (κ1) is 28.1. The zero-order valence-electron chi connectivity index (χ0n) is 23.2. The molecule has 0 saturated carbocycles. The zero-order chi connectivity index (χ0) is 28.4. The number of carbonyl (C=O) groups excluding carboxylic acids is 2. The third-order valence-electron chi connectivity index (χ3n) is 8.24. The monoisotopic (exact) mass is 565 g/mol. The van der Waals surface area contributed by atoms with E-state index in [9.17, 15) is 14.7 Å². The SMILES string of the molecule is CCC(C)(CO)C(=O)N1CCC(Oc2nc3nc(-c4ccc(C5=CCN(C(C)=O)CC5)cc4)c(Cl)cc3[nH]2)CC1. The molecular weight excluding hydrogens is 530 g/mol. The van der Waals surface area contributed by atoms with Crippen molar-refractivity contribution in [3.8, 4) is 17.3 Å². The number of amides is 2. The standard InChI is InChI=1S/C30H36ClN5O4/c1-4-30(3,18-37)28(39)36-15-11-23(12-16-36)40-29-32-25-17-24(31)26(33-27(25)34-29)22-7-5-20(6-8-22)21-9-13-35(14-10-21)19(2)38/h5-9,17,23,37H,4,10-16,18H2,1-3H3,(H,32,33,34). The Morgan fingerprint density at radius 2 is 1.82 bits per heavy atom. The molecule has 2 N–H and O–H groups in total. The maximum atomic E-state index is 12.8. The second kappa shape index (κ2) is 11.6. The molecule has 0 radical (unpaired) electrons. The fraction of sp³-hybridized carbons (Fsp3) is 0.467. The Morgan fingerprint density at radius 1 is 1.12 bits per heavy atom. The number of likely N-dealkylation sites (tertiary alicyclic amines) is 1. The Kier molecular flexibility index (Phi) is 8.14. The minimum Gasteiger partial charge on any atom is -0.461 e. The van der Waals surface area contributed by atoms with E-state index in [-0.39, 0.29) is 24.5 Å². The lowest BCUT2D eigenvalue weighted by molar-refractivity contribution is -0.145. The van der Waals surface area contributed by atoms with Gasteiger partial charge in [0, 0.05) is 51.5 Å². The van der Waals surface area contributed by atoms with Gasteiger partial charge in [0.2, 0.25) is 11.8 Å². The summed E-state index contributed by atoms with van der Waals surface area (Å²) in [6.07, 6.45) is 4.83. The highest BCUT2D eigenvalue weighted by atomic mass is 35.5. The second-order valence-corrected chi connectivity index (χ2v) is 11.3. The van der Waals surface area contributed by atoms with Crippen LogP contribution in [0.5, 0.6) is 6.01 Å². The van der Waals surface area contributed by atoms with Crippen molar-refractivity contribution in [3.63, 3.8) is 0 Å². The van der Waals surface area contributed by atoms with Crippen molar-refractivity contribution in [2.24, 2.45) is 5.41 Å². The van der Waals surface area contributed by atoms with Crippen LogP contribution in [0.15, 0.2) is 36.4 Å². The van der Waals surface area contributed by atoms with Crippen molar-refractivity contribution >= 4 is 40.2 Å². The summed E-state index contributed by atoms with van der Waals surface area (Å²) in [7, 11) is 0. The molecule has 0 bridgehead atoms. The number of H-pyrrole nitrogens is 1. The molecule has 40 heavy (non-hydrogen) atoms. The summed E-state index contributed by atoms with van der Waals surface area (Å²) in [6, 6.07) is 10.3. The largest absolute Gasteiger partial charge is 0.461 e. The van der Waals surface area contributed by atoms with Gasteiger partial charge < -0.3 is 24.6 Å². The molecule has 1 fully saturated rings. The zero-order valence-corrected chi connectivity index (χ0v) is 24.0. The highest BCUT2D eigenvalue weighted by Gasteiger charge is 2.36. The van der Waals surface area contributed by atoms with Crippen LogP contribution >= 0.6 is 11.6 Å². The Morgan fingerprint density at radius 3 is 2.42 bits per heavy atom. The number of nitrogens with zero attached hydrogens (tertiary/aromatic N) is 4. The molecule has 0 spiro atoms. The van der Waals surface area contributed by atoms with Gasteiger partial charge in [0.1, 0.15) is 6.10 Å². The Hall–Kier alpha value is -3.43. The van der Waals surface area contributed by atoms with Crippen molar-refractivity contribution in [1.82, 2.24) is 24.8 Å². The Balaban J connectivity index is 1.25. The van der Waals surface area contributed by atoms with Crippen LogP contribution in [0.25, 0.3) is 28.0 Å². The van der Waals surface area contributed by atoms with Crippen molar-refractivity contribution in [2.75, 3.05) is 32.8 Å². The molecule has 5 rings (SSSR count). The van der Waals surface area contributed by atoms with E-state index in [4.69, 9.17) is 21.3 Å². The molecule has 4 heterocycles. The molecule has 2 amide bonds. The van der Waals surface area contributed by atoms with Crippen LogP contribution in [-0.4, -0.2) is 80.6 Å². The number of hydrogen-bond acceptors (Lipinski definition) is 6. The van der Waals surface area contributed by atoms with Crippen LogP contribution in [0, 0.1) is 5.41 Å². The number of imidazole rings is 1. The van der Waals surface area contributed by atoms with Crippen molar-refractivity contribution in [3.05, 3.63) is 47.0 Å². The third kappa shape index (κ3) is 5.71. The molecule has 1 unspecified atom stereocenters. The molecule has 10 heteroatoms. The van der Waals surface area contributed by atoms with E-state index in [1.165, 1.54) is 5.57 Å². The number of carbonyl (C=O) groups is 2. The average molecular weight is 566 g/mol. The number of aromatic nitrogens is 3. The minimum absolute atomic E-state index is 0.00539. The Bertz CT molecular complexity index is 1420. The second-order valence-electron chi connectivity index (χ2n) is 10.9. The maximum absolute atomic E-state index is 12.8. The van der Waals surface area contributed by atoms with E-state index in [1.54, 1.807) is 6.92 Å². The smallest absolute Gasteiger partial charge is 0.296 e. The molecule has 212 valence electrons. The number of piperidine rings is 1. The summed E-state index contributed by atoms with van der Waals surface area (Å²) in [5.41, 5.74) is 4.37. The predicted octanol–water partition coefficient (Wildman–Crippen LogP) is 4.69. The summed E-state index contributed by atoms with van der Waals surface area (Å²) in [5, 5.41) is 10.2. The van der Waals surface area contributed by atoms with Crippen LogP contribution in [0.2, 0.25) is 5.02 Å². The van der Waals surface area contributed by atoms with Gasteiger partial charge in [-0.1, -0.05) is 48.9 Å². The topological polar surface area (TPSA) is 112 Å². The highest BCUT2D eigenvalue weighted by Crippen LogP contribution is 2.32. The Labute approximate surface area is 239 Å². The molecule has 2 aliphatic heterocycles.